The Labute approximate surface area is 149 Å². The van der Waals surface area contributed by atoms with E-state index in [1.165, 1.54) is 5.56 Å². The van der Waals surface area contributed by atoms with Crippen LogP contribution in [0.4, 0.5) is 0 Å². The second-order valence-electron chi connectivity index (χ2n) is 6.92. The molecule has 0 N–H and O–H groups in total. The van der Waals surface area contributed by atoms with E-state index >= 15 is 0 Å². The number of likely N-dealkylation sites (tertiary alicyclic amines) is 2. The van der Waals surface area contributed by atoms with E-state index in [2.05, 4.69) is 17.1 Å². The molecule has 2 saturated heterocycles. The smallest absolute Gasteiger partial charge is 0.252 e. The molecule has 2 fully saturated rings. The molecule has 6 nitrogen and oxygen atoms in total. The van der Waals surface area contributed by atoms with Crippen LogP contribution in [0.1, 0.15) is 43.6 Å². The number of methoxy groups -OCH3 is 1. The third-order valence-electron chi connectivity index (χ3n) is 5.37. The van der Waals surface area contributed by atoms with Gasteiger partial charge >= 0.3 is 0 Å². The molecule has 0 saturated carbocycles. The first kappa shape index (κ1) is 17.9. The van der Waals surface area contributed by atoms with Crippen molar-refractivity contribution in [3.8, 4) is 0 Å². The first-order valence-corrected chi connectivity index (χ1v) is 9.18. The Morgan fingerprint density at radius 2 is 1.88 bits per heavy atom. The molecule has 2 aliphatic heterocycles. The van der Waals surface area contributed by atoms with E-state index in [0.29, 0.717) is 12.5 Å². The molecule has 3 rings (SSSR count). The lowest BCUT2D eigenvalue weighted by Gasteiger charge is -2.34. The molecule has 0 aromatic carbocycles. The van der Waals surface area contributed by atoms with Gasteiger partial charge in [0, 0.05) is 39.1 Å². The quantitative estimate of drug-likeness (QED) is 0.835. The van der Waals surface area contributed by atoms with Gasteiger partial charge in [-0.2, -0.15) is 0 Å². The maximum absolute atomic E-state index is 12.6. The van der Waals surface area contributed by atoms with Crippen LogP contribution in [-0.4, -0.2) is 66.0 Å². The molecular formula is C19H27N3O3. The highest BCUT2D eigenvalue weighted by molar-refractivity contribution is 5.87. The van der Waals surface area contributed by atoms with Gasteiger partial charge in [-0.1, -0.05) is 0 Å². The fraction of sp³-hybridized carbons (Fsp3) is 0.632. The molecule has 6 heteroatoms. The zero-order valence-corrected chi connectivity index (χ0v) is 14.9. The Balaban J connectivity index is 1.53. The van der Waals surface area contributed by atoms with Gasteiger partial charge in [0.15, 0.2) is 0 Å². The van der Waals surface area contributed by atoms with Crippen LogP contribution in [0.2, 0.25) is 0 Å². The number of amides is 2. The largest absolute Gasteiger partial charge is 0.372 e. The molecule has 2 amide bonds. The van der Waals surface area contributed by atoms with Crippen molar-refractivity contribution in [2.75, 3.05) is 33.3 Å². The summed E-state index contributed by atoms with van der Waals surface area (Å²) in [6, 6.07) is 4.12. The third-order valence-corrected chi connectivity index (χ3v) is 5.37. The standard InChI is InChI=1S/C19H27N3O3/c1-25-17-4-2-3-11-22(19(17)24)14-18(23)21-12-7-16(8-13-21)15-5-9-20-10-6-15/h5-6,9-10,16-17H,2-4,7-8,11-14H2,1H3. The van der Waals surface area contributed by atoms with E-state index in [0.717, 1.165) is 45.2 Å². The summed E-state index contributed by atoms with van der Waals surface area (Å²) in [5.41, 5.74) is 1.30. The number of hydrogen-bond acceptors (Lipinski definition) is 4. The molecule has 1 atom stereocenters. The normalized spacial score (nSPS) is 22.8. The van der Waals surface area contributed by atoms with Crippen molar-refractivity contribution in [1.29, 1.82) is 0 Å². The monoisotopic (exact) mass is 345 g/mol. The summed E-state index contributed by atoms with van der Waals surface area (Å²) in [6.07, 6.45) is 7.82. The van der Waals surface area contributed by atoms with Crippen molar-refractivity contribution >= 4 is 11.8 Å². The number of carbonyl (C=O) groups is 2. The number of piperidine rings is 1. The van der Waals surface area contributed by atoms with Gasteiger partial charge in [0.2, 0.25) is 5.91 Å². The Morgan fingerprint density at radius 3 is 2.56 bits per heavy atom. The fourth-order valence-electron chi connectivity index (χ4n) is 3.81. The Morgan fingerprint density at radius 1 is 1.16 bits per heavy atom. The second-order valence-corrected chi connectivity index (χ2v) is 6.92. The molecule has 1 aromatic rings. The molecule has 2 aliphatic rings. The SMILES string of the molecule is COC1CCCCN(CC(=O)N2CCC(c3ccncc3)CC2)C1=O. The number of pyridine rings is 1. The van der Waals surface area contributed by atoms with Crippen LogP contribution in [-0.2, 0) is 14.3 Å². The Bertz CT molecular complexity index is 585. The first-order chi connectivity index (χ1) is 12.2. The van der Waals surface area contributed by atoms with E-state index in [4.69, 9.17) is 4.74 Å². The first-order valence-electron chi connectivity index (χ1n) is 9.18. The van der Waals surface area contributed by atoms with Gasteiger partial charge in [0.05, 0.1) is 6.54 Å². The van der Waals surface area contributed by atoms with E-state index in [1.807, 2.05) is 17.3 Å². The van der Waals surface area contributed by atoms with Crippen molar-refractivity contribution in [1.82, 2.24) is 14.8 Å². The van der Waals surface area contributed by atoms with Gasteiger partial charge in [0.1, 0.15) is 6.10 Å². The number of nitrogens with zero attached hydrogens (tertiary/aromatic N) is 3. The number of hydrogen-bond donors (Lipinski definition) is 0. The van der Waals surface area contributed by atoms with Crippen molar-refractivity contribution in [3.63, 3.8) is 0 Å². The molecule has 0 bridgehead atoms. The molecule has 1 aromatic heterocycles. The van der Waals surface area contributed by atoms with E-state index in [1.54, 1.807) is 12.0 Å². The molecule has 136 valence electrons. The van der Waals surface area contributed by atoms with E-state index < -0.39 is 6.10 Å². The number of ether oxygens (including phenoxy) is 1. The van der Waals surface area contributed by atoms with Crippen molar-refractivity contribution in [2.24, 2.45) is 0 Å². The van der Waals surface area contributed by atoms with E-state index in [9.17, 15) is 9.59 Å². The van der Waals surface area contributed by atoms with E-state index in [-0.39, 0.29) is 18.4 Å². The summed E-state index contributed by atoms with van der Waals surface area (Å²) in [5, 5.41) is 0. The number of aromatic nitrogens is 1. The summed E-state index contributed by atoms with van der Waals surface area (Å²) < 4.78 is 5.28. The molecular weight excluding hydrogens is 318 g/mol. The topological polar surface area (TPSA) is 62.7 Å². The highest BCUT2D eigenvalue weighted by atomic mass is 16.5. The average molecular weight is 345 g/mol. The van der Waals surface area contributed by atoms with Gasteiger partial charge in [-0.3, -0.25) is 14.6 Å². The lowest BCUT2D eigenvalue weighted by molar-refractivity contribution is -0.146. The van der Waals surface area contributed by atoms with Gasteiger partial charge in [-0.15, -0.1) is 0 Å². The summed E-state index contributed by atoms with van der Waals surface area (Å²) in [6.45, 7) is 2.33. The molecule has 0 aliphatic carbocycles. The predicted octanol–water partition coefficient (Wildman–Crippen LogP) is 1.82. The molecule has 0 spiro atoms. The predicted molar refractivity (Wildman–Crippen MR) is 94.0 cm³/mol. The van der Waals surface area contributed by atoms with Crippen LogP contribution in [0.25, 0.3) is 0 Å². The second kappa shape index (κ2) is 8.43. The van der Waals surface area contributed by atoms with Crippen LogP contribution < -0.4 is 0 Å². The number of carbonyl (C=O) groups excluding carboxylic acids is 2. The minimum absolute atomic E-state index is 0.0416. The minimum atomic E-state index is -0.396. The lowest BCUT2D eigenvalue weighted by atomic mass is 9.90. The van der Waals surface area contributed by atoms with Crippen LogP contribution in [0.15, 0.2) is 24.5 Å². The third kappa shape index (κ3) is 4.37. The van der Waals surface area contributed by atoms with Crippen molar-refractivity contribution < 1.29 is 14.3 Å². The van der Waals surface area contributed by atoms with Crippen LogP contribution in [0, 0.1) is 0 Å². The summed E-state index contributed by atoms with van der Waals surface area (Å²) in [5.74, 6) is 0.503. The molecule has 1 unspecified atom stereocenters. The fourth-order valence-corrected chi connectivity index (χ4v) is 3.81. The summed E-state index contributed by atoms with van der Waals surface area (Å²) >= 11 is 0. The van der Waals surface area contributed by atoms with Gasteiger partial charge < -0.3 is 14.5 Å². The molecule has 3 heterocycles. The molecule has 25 heavy (non-hydrogen) atoms. The average Bonchev–Trinajstić information content (AvgIpc) is 2.84. The zero-order chi connectivity index (χ0) is 17.6. The highest BCUT2D eigenvalue weighted by Crippen LogP contribution is 2.27. The number of rotatable bonds is 4. The van der Waals surface area contributed by atoms with Gasteiger partial charge in [-0.25, -0.2) is 0 Å². The van der Waals surface area contributed by atoms with Crippen molar-refractivity contribution in [3.05, 3.63) is 30.1 Å². The highest BCUT2D eigenvalue weighted by Gasteiger charge is 2.30. The van der Waals surface area contributed by atoms with Crippen LogP contribution in [0.5, 0.6) is 0 Å². The van der Waals surface area contributed by atoms with Crippen LogP contribution in [0.3, 0.4) is 0 Å². The Kier molecular flexibility index (Phi) is 6.02. The van der Waals surface area contributed by atoms with Gasteiger partial charge in [0.25, 0.3) is 5.91 Å². The van der Waals surface area contributed by atoms with Crippen LogP contribution >= 0.6 is 0 Å². The molecule has 0 radical (unpaired) electrons. The van der Waals surface area contributed by atoms with Gasteiger partial charge in [-0.05, 0) is 55.7 Å². The maximum Gasteiger partial charge on any atom is 0.252 e. The minimum Gasteiger partial charge on any atom is -0.372 e. The summed E-state index contributed by atoms with van der Waals surface area (Å²) in [7, 11) is 1.57. The maximum atomic E-state index is 12.6. The van der Waals surface area contributed by atoms with Crippen molar-refractivity contribution in [2.45, 2.75) is 44.1 Å². The Hall–Kier alpha value is -1.95. The summed E-state index contributed by atoms with van der Waals surface area (Å²) in [4.78, 5) is 32.7. The zero-order valence-electron chi connectivity index (χ0n) is 14.9. The lowest BCUT2D eigenvalue weighted by Crippen LogP contribution is -2.47.